The van der Waals surface area contributed by atoms with Crippen LogP contribution in [-0.4, -0.2) is 15.9 Å². The lowest BCUT2D eigenvalue weighted by Crippen LogP contribution is -2.15. The highest BCUT2D eigenvalue weighted by Crippen LogP contribution is 2.21. The molecular formula is C19H14ClN5O. The van der Waals surface area contributed by atoms with Crippen LogP contribution in [0.2, 0.25) is 5.02 Å². The van der Waals surface area contributed by atoms with Crippen LogP contribution in [0.1, 0.15) is 21.7 Å². The Kier molecular flexibility index (Phi) is 5.11. The molecule has 0 saturated carbocycles. The highest BCUT2D eigenvalue weighted by molar-refractivity contribution is 6.33. The van der Waals surface area contributed by atoms with Crippen molar-refractivity contribution in [3.63, 3.8) is 0 Å². The molecule has 3 aromatic rings. The first-order valence-electron chi connectivity index (χ1n) is 7.74. The number of aromatic nitrogens is 2. The second-order valence-electron chi connectivity index (χ2n) is 5.47. The van der Waals surface area contributed by atoms with Crippen molar-refractivity contribution in [1.82, 2.24) is 9.97 Å². The molecule has 0 spiro atoms. The molecule has 0 aliphatic heterocycles. The standard InChI is InChI=1S/C19H14ClN5O/c1-12-9-17(18(26)24-16-8-3-2-7-15(16)20)25-19(22-12)23-14-6-4-5-13(10-14)11-21/h2-10H,1H3,(H,24,26)(H,22,23,25). The Labute approximate surface area is 155 Å². The number of nitrogens with zero attached hydrogens (tertiary/aromatic N) is 3. The fraction of sp³-hybridized carbons (Fsp3) is 0.0526. The minimum atomic E-state index is -0.391. The Morgan fingerprint density at radius 3 is 2.69 bits per heavy atom. The van der Waals surface area contributed by atoms with Crippen LogP contribution in [0.5, 0.6) is 0 Å². The van der Waals surface area contributed by atoms with Crippen molar-refractivity contribution in [2.24, 2.45) is 0 Å². The molecule has 0 atom stereocenters. The highest BCUT2D eigenvalue weighted by atomic mass is 35.5. The summed E-state index contributed by atoms with van der Waals surface area (Å²) >= 11 is 6.07. The number of para-hydroxylation sites is 1. The molecule has 128 valence electrons. The molecule has 0 unspecified atom stereocenters. The fourth-order valence-electron chi connectivity index (χ4n) is 2.29. The van der Waals surface area contributed by atoms with Crippen LogP contribution in [0.4, 0.5) is 17.3 Å². The topological polar surface area (TPSA) is 90.7 Å². The van der Waals surface area contributed by atoms with Gasteiger partial charge in [0.25, 0.3) is 5.91 Å². The summed E-state index contributed by atoms with van der Waals surface area (Å²) in [6.07, 6.45) is 0. The van der Waals surface area contributed by atoms with E-state index in [1.165, 1.54) is 0 Å². The number of carbonyl (C=O) groups excluding carboxylic acids is 1. The fourth-order valence-corrected chi connectivity index (χ4v) is 2.47. The zero-order valence-electron chi connectivity index (χ0n) is 13.8. The normalized spacial score (nSPS) is 10.0. The number of amides is 1. The maximum Gasteiger partial charge on any atom is 0.274 e. The van der Waals surface area contributed by atoms with Gasteiger partial charge in [-0.25, -0.2) is 9.97 Å². The number of nitriles is 1. The molecule has 2 aromatic carbocycles. The van der Waals surface area contributed by atoms with Gasteiger partial charge in [-0.05, 0) is 43.3 Å². The predicted octanol–water partition coefficient (Wildman–Crippen LogP) is 4.31. The number of carbonyl (C=O) groups is 1. The molecule has 0 bridgehead atoms. The van der Waals surface area contributed by atoms with Crippen LogP contribution in [0.3, 0.4) is 0 Å². The molecule has 0 fully saturated rings. The zero-order chi connectivity index (χ0) is 18.5. The second kappa shape index (κ2) is 7.64. The monoisotopic (exact) mass is 363 g/mol. The third-order valence-electron chi connectivity index (χ3n) is 3.46. The molecule has 26 heavy (non-hydrogen) atoms. The van der Waals surface area contributed by atoms with Gasteiger partial charge in [0.15, 0.2) is 0 Å². The van der Waals surface area contributed by atoms with Crippen LogP contribution < -0.4 is 10.6 Å². The number of rotatable bonds is 4. The molecular weight excluding hydrogens is 350 g/mol. The largest absolute Gasteiger partial charge is 0.324 e. The van der Waals surface area contributed by atoms with Crippen LogP contribution in [0.25, 0.3) is 0 Å². The van der Waals surface area contributed by atoms with Crippen LogP contribution in [-0.2, 0) is 0 Å². The predicted molar refractivity (Wildman–Crippen MR) is 101 cm³/mol. The van der Waals surface area contributed by atoms with E-state index in [1.807, 2.05) is 0 Å². The van der Waals surface area contributed by atoms with E-state index in [1.54, 1.807) is 61.5 Å². The molecule has 0 aliphatic carbocycles. The summed E-state index contributed by atoms with van der Waals surface area (Å²) in [6, 6.07) is 17.5. The maximum atomic E-state index is 12.5. The van der Waals surface area contributed by atoms with Crippen molar-refractivity contribution >= 4 is 34.8 Å². The van der Waals surface area contributed by atoms with Gasteiger partial charge >= 0.3 is 0 Å². The number of hydrogen-bond donors (Lipinski definition) is 2. The zero-order valence-corrected chi connectivity index (χ0v) is 14.6. The summed E-state index contributed by atoms with van der Waals surface area (Å²) in [7, 11) is 0. The summed E-state index contributed by atoms with van der Waals surface area (Å²) in [5.41, 5.74) is 2.51. The van der Waals surface area contributed by atoms with Crippen LogP contribution >= 0.6 is 11.6 Å². The summed E-state index contributed by atoms with van der Waals surface area (Å²) in [4.78, 5) is 21.0. The van der Waals surface area contributed by atoms with Crippen molar-refractivity contribution < 1.29 is 4.79 Å². The lowest BCUT2D eigenvalue weighted by atomic mass is 10.2. The van der Waals surface area contributed by atoms with Crippen molar-refractivity contribution in [2.45, 2.75) is 6.92 Å². The van der Waals surface area contributed by atoms with Gasteiger partial charge in [-0.15, -0.1) is 0 Å². The first kappa shape index (κ1) is 17.4. The smallest absolute Gasteiger partial charge is 0.274 e. The molecule has 2 N–H and O–H groups in total. The SMILES string of the molecule is Cc1cc(C(=O)Nc2ccccc2Cl)nc(Nc2cccc(C#N)c2)n1. The van der Waals surface area contributed by atoms with Gasteiger partial charge in [0.05, 0.1) is 22.3 Å². The van der Waals surface area contributed by atoms with Crippen molar-refractivity contribution in [2.75, 3.05) is 10.6 Å². The highest BCUT2D eigenvalue weighted by Gasteiger charge is 2.12. The van der Waals surface area contributed by atoms with E-state index in [0.29, 0.717) is 27.7 Å². The summed E-state index contributed by atoms with van der Waals surface area (Å²) in [5.74, 6) is -0.123. The van der Waals surface area contributed by atoms with E-state index in [9.17, 15) is 4.79 Å². The van der Waals surface area contributed by atoms with Crippen molar-refractivity contribution in [3.8, 4) is 6.07 Å². The maximum absolute atomic E-state index is 12.5. The number of aryl methyl sites for hydroxylation is 1. The van der Waals surface area contributed by atoms with Gasteiger partial charge in [0.1, 0.15) is 5.69 Å². The van der Waals surface area contributed by atoms with Gasteiger partial charge < -0.3 is 10.6 Å². The van der Waals surface area contributed by atoms with Gasteiger partial charge in [-0.3, -0.25) is 4.79 Å². The Bertz CT molecular complexity index is 1010. The molecule has 7 heteroatoms. The van der Waals surface area contributed by atoms with E-state index in [2.05, 4.69) is 26.7 Å². The Morgan fingerprint density at radius 1 is 1.12 bits per heavy atom. The minimum Gasteiger partial charge on any atom is -0.324 e. The van der Waals surface area contributed by atoms with E-state index in [0.717, 1.165) is 0 Å². The summed E-state index contributed by atoms with van der Waals surface area (Å²) in [5, 5.41) is 15.2. The van der Waals surface area contributed by atoms with Crippen LogP contribution in [0.15, 0.2) is 54.6 Å². The Balaban J connectivity index is 1.84. The molecule has 3 rings (SSSR count). The Morgan fingerprint density at radius 2 is 1.92 bits per heavy atom. The molecule has 0 saturated heterocycles. The first-order valence-corrected chi connectivity index (χ1v) is 8.12. The average Bonchev–Trinajstić information content (AvgIpc) is 2.63. The van der Waals surface area contributed by atoms with E-state index < -0.39 is 5.91 Å². The van der Waals surface area contributed by atoms with E-state index in [-0.39, 0.29) is 11.6 Å². The molecule has 0 radical (unpaired) electrons. The van der Waals surface area contributed by atoms with Gasteiger partial charge in [0.2, 0.25) is 5.95 Å². The van der Waals surface area contributed by atoms with Gasteiger partial charge in [-0.1, -0.05) is 29.8 Å². The van der Waals surface area contributed by atoms with Gasteiger partial charge in [-0.2, -0.15) is 5.26 Å². The van der Waals surface area contributed by atoms with E-state index in [4.69, 9.17) is 16.9 Å². The first-order chi connectivity index (χ1) is 12.5. The molecule has 6 nitrogen and oxygen atoms in total. The van der Waals surface area contributed by atoms with E-state index >= 15 is 0 Å². The number of halogens is 1. The second-order valence-corrected chi connectivity index (χ2v) is 5.88. The average molecular weight is 364 g/mol. The number of benzene rings is 2. The summed E-state index contributed by atoms with van der Waals surface area (Å²) in [6.45, 7) is 1.77. The third-order valence-corrected chi connectivity index (χ3v) is 3.79. The molecule has 1 aromatic heterocycles. The quantitative estimate of drug-likeness (QED) is 0.720. The molecule has 0 aliphatic rings. The molecule has 1 heterocycles. The number of anilines is 3. The number of nitrogens with one attached hydrogen (secondary N) is 2. The Hall–Kier alpha value is -3.43. The van der Waals surface area contributed by atoms with Crippen molar-refractivity contribution in [3.05, 3.63) is 76.6 Å². The summed E-state index contributed by atoms with van der Waals surface area (Å²) < 4.78 is 0. The lowest BCUT2D eigenvalue weighted by molar-refractivity contribution is 0.102. The molecule has 1 amide bonds. The minimum absolute atomic E-state index is 0.205. The number of hydrogen-bond acceptors (Lipinski definition) is 5. The van der Waals surface area contributed by atoms with Crippen LogP contribution in [0, 0.1) is 18.3 Å². The van der Waals surface area contributed by atoms with Gasteiger partial charge in [0, 0.05) is 11.4 Å². The van der Waals surface area contributed by atoms with Crippen molar-refractivity contribution in [1.29, 1.82) is 5.26 Å². The third kappa shape index (κ3) is 4.15. The lowest BCUT2D eigenvalue weighted by Gasteiger charge is -2.10.